The number of ether oxygens (including phenoxy) is 1. The highest BCUT2D eigenvalue weighted by molar-refractivity contribution is 5.90. The van der Waals surface area contributed by atoms with Crippen LogP contribution in [-0.4, -0.2) is 24.5 Å². The van der Waals surface area contributed by atoms with E-state index in [1.165, 1.54) is 6.07 Å². The zero-order chi connectivity index (χ0) is 14.0. The minimum atomic E-state index is -0.924. The molecule has 1 aromatic carbocycles. The zero-order valence-electron chi connectivity index (χ0n) is 10.3. The van der Waals surface area contributed by atoms with Crippen LogP contribution in [0.4, 0.5) is 8.78 Å². The molecule has 1 aliphatic rings. The number of carbonyl (C=O) groups excluding carboxylic acids is 2. The van der Waals surface area contributed by atoms with E-state index in [2.05, 4.69) is 5.32 Å². The number of hydrogen-bond donors (Lipinski definition) is 1. The van der Waals surface area contributed by atoms with E-state index in [4.69, 9.17) is 4.74 Å². The van der Waals surface area contributed by atoms with Gasteiger partial charge in [0.25, 0.3) is 0 Å². The Bertz CT molecular complexity index is 519. The van der Waals surface area contributed by atoms with Gasteiger partial charge in [0.05, 0.1) is 6.61 Å². The third-order valence-corrected chi connectivity index (χ3v) is 3.03. The maximum absolute atomic E-state index is 13.7. The Kier molecular flexibility index (Phi) is 3.78. The number of esters is 1. The molecule has 1 saturated heterocycles. The summed E-state index contributed by atoms with van der Waals surface area (Å²) in [5.41, 5.74) is 0.137. The van der Waals surface area contributed by atoms with Gasteiger partial charge in [-0.2, -0.15) is 0 Å². The van der Waals surface area contributed by atoms with Crippen molar-refractivity contribution in [3.63, 3.8) is 0 Å². The normalized spacial score (nSPS) is 22.2. The fraction of sp³-hybridized carbons (Fsp3) is 0.385. The first-order valence-electron chi connectivity index (χ1n) is 5.94. The Morgan fingerprint density at radius 1 is 1.47 bits per heavy atom. The molecule has 1 N–H and O–H groups in total. The van der Waals surface area contributed by atoms with Crippen LogP contribution in [0.25, 0.3) is 0 Å². The van der Waals surface area contributed by atoms with Crippen molar-refractivity contribution < 1.29 is 23.1 Å². The van der Waals surface area contributed by atoms with E-state index in [0.29, 0.717) is 0 Å². The van der Waals surface area contributed by atoms with Gasteiger partial charge in [-0.05, 0) is 18.6 Å². The number of halogens is 2. The highest BCUT2D eigenvalue weighted by Crippen LogP contribution is 2.31. The SMILES string of the molecule is CCOC(=O)C1NC(=O)CC1c1ccc(F)cc1F. The lowest BCUT2D eigenvalue weighted by Gasteiger charge is -2.18. The molecule has 1 aromatic rings. The first-order valence-corrected chi connectivity index (χ1v) is 5.94. The third kappa shape index (κ3) is 2.72. The van der Waals surface area contributed by atoms with Crippen LogP contribution in [0, 0.1) is 11.6 Å². The lowest BCUT2D eigenvalue weighted by atomic mass is 9.91. The summed E-state index contributed by atoms with van der Waals surface area (Å²) < 4.78 is 31.4. The van der Waals surface area contributed by atoms with E-state index >= 15 is 0 Å². The molecule has 0 aromatic heterocycles. The van der Waals surface area contributed by atoms with E-state index < -0.39 is 29.6 Å². The molecule has 6 heteroatoms. The molecule has 19 heavy (non-hydrogen) atoms. The van der Waals surface area contributed by atoms with Gasteiger partial charge in [-0.25, -0.2) is 13.6 Å². The lowest BCUT2D eigenvalue weighted by Crippen LogP contribution is -2.37. The first kappa shape index (κ1) is 13.5. The highest BCUT2D eigenvalue weighted by Gasteiger charge is 2.40. The fourth-order valence-corrected chi connectivity index (χ4v) is 2.20. The second kappa shape index (κ2) is 5.34. The number of carbonyl (C=O) groups is 2. The average Bonchev–Trinajstić information content (AvgIpc) is 2.71. The van der Waals surface area contributed by atoms with Crippen molar-refractivity contribution in [2.75, 3.05) is 6.61 Å². The molecule has 0 radical (unpaired) electrons. The van der Waals surface area contributed by atoms with Gasteiger partial charge in [0.15, 0.2) is 0 Å². The van der Waals surface area contributed by atoms with Crippen LogP contribution in [0.2, 0.25) is 0 Å². The Morgan fingerprint density at radius 3 is 2.84 bits per heavy atom. The van der Waals surface area contributed by atoms with Crippen LogP contribution in [0.3, 0.4) is 0 Å². The Labute approximate surface area is 108 Å². The van der Waals surface area contributed by atoms with Crippen LogP contribution in [0.1, 0.15) is 24.8 Å². The smallest absolute Gasteiger partial charge is 0.329 e. The van der Waals surface area contributed by atoms with Gasteiger partial charge in [-0.3, -0.25) is 4.79 Å². The van der Waals surface area contributed by atoms with E-state index in [1.807, 2.05) is 0 Å². The maximum Gasteiger partial charge on any atom is 0.329 e. The van der Waals surface area contributed by atoms with Crippen LogP contribution in [0.15, 0.2) is 18.2 Å². The van der Waals surface area contributed by atoms with Crippen LogP contribution in [-0.2, 0) is 14.3 Å². The zero-order valence-corrected chi connectivity index (χ0v) is 10.3. The number of rotatable bonds is 3. The predicted molar refractivity (Wildman–Crippen MR) is 62.3 cm³/mol. The van der Waals surface area contributed by atoms with Gasteiger partial charge in [0.2, 0.25) is 5.91 Å². The highest BCUT2D eigenvalue weighted by atomic mass is 19.1. The number of hydrogen-bond acceptors (Lipinski definition) is 3. The number of nitrogens with one attached hydrogen (secondary N) is 1. The van der Waals surface area contributed by atoms with Gasteiger partial charge in [-0.1, -0.05) is 6.07 Å². The van der Waals surface area contributed by atoms with E-state index in [0.717, 1.165) is 12.1 Å². The molecule has 1 aliphatic heterocycles. The van der Waals surface area contributed by atoms with E-state index in [-0.39, 0.29) is 24.5 Å². The van der Waals surface area contributed by atoms with Crippen molar-refractivity contribution in [3.05, 3.63) is 35.4 Å². The summed E-state index contributed by atoms with van der Waals surface area (Å²) in [4.78, 5) is 23.1. The fourth-order valence-electron chi connectivity index (χ4n) is 2.20. The number of benzene rings is 1. The topological polar surface area (TPSA) is 55.4 Å². The summed E-state index contributed by atoms with van der Waals surface area (Å²) in [6, 6.07) is 2.17. The molecule has 102 valence electrons. The molecule has 1 fully saturated rings. The Hall–Kier alpha value is -1.98. The van der Waals surface area contributed by atoms with Crippen molar-refractivity contribution in [2.45, 2.75) is 25.3 Å². The van der Waals surface area contributed by atoms with Crippen LogP contribution < -0.4 is 5.32 Å². The van der Waals surface area contributed by atoms with Crippen LogP contribution >= 0.6 is 0 Å². The molecule has 2 rings (SSSR count). The molecular formula is C13H13F2NO3. The first-order chi connectivity index (χ1) is 9.02. The molecule has 2 atom stereocenters. The van der Waals surface area contributed by atoms with E-state index in [1.54, 1.807) is 6.92 Å². The van der Waals surface area contributed by atoms with Gasteiger partial charge in [0, 0.05) is 18.4 Å². The molecule has 0 aliphatic carbocycles. The number of amides is 1. The largest absolute Gasteiger partial charge is 0.464 e. The second-order valence-corrected chi connectivity index (χ2v) is 4.27. The van der Waals surface area contributed by atoms with Gasteiger partial charge in [-0.15, -0.1) is 0 Å². The van der Waals surface area contributed by atoms with E-state index in [9.17, 15) is 18.4 Å². The summed E-state index contributed by atoms with van der Waals surface area (Å²) in [5.74, 6) is -3.11. The van der Waals surface area contributed by atoms with Crippen LogP contribution in [0.5, 0.6) is 0 Å². The summed E-state index contributed by atoms with van der Waals surface area (Å²) in [5, 5.41) is 2.45. The van der Waals surface area contributed by atoms with Gasteiger partial charge >= 0.3 is 5.97 Å². The summed E-state index contributed by atoms with van der Waals surface area (Å²) in [6.07, 6.45) is -0.0218. The quantitative estimate of drug-likeness (QED) is 0.846. The molecule has 1 amide bonds. The Morgan fingerprint density at radius 2 is 2.21 bits per heavy atom. The second-order valence-electron chi connectivity index (χ2n) is 4.27. The standard InChI is InChI=1S/C13H13F2NO3/c1-2-19-13(18)12-9(6-11(17)16-12)8-4-3-7(14)5-10(8)15/h3-5,9,12H,2,6H2,1H3,(H,16,17). The Balaban J connectivity index is 2.30. The summed E-state index contributed by atoms with van der Waals surface area (Å²) >= 11 is 0. The van der Waals surface area contributed by atoms with Crippen molar-refractivity contribution in [1.82, 2.24) is 5.32 Å². The summed E-state index contributed by atoms with van der Waals surface area (Å²) in [6.45, 7) is 1.81. The average molecular weight is 269 g/mol. The molecule has 0 saturated carbocycles. The molecular weight excluding hydrogens is 256 g/mol. The van der Waals surface area contributed by atoms with Gasteiger partial charge < -0.3 is 10.1 Å². The molecule has 2 unspecified atom stereocenters. The predicted octanol–water partition coefficient (Wildman–Crippen LogP) is 1.50. The molecule has 4 nitrogen and oxygen atoms in total. The van der Waals surface area contributed by atoms with Crippen molar-refractivity contribution in [3.8, 4) is 0 Å². The third-order valence-electron chi connectivity index (χ3n) is 3.03. The summed E-state index contributed by atoms with van der Waals surface area (Å²) in [7, 11) is 0. The minimum Gasteiger partial charge on any atom is -0.464 e. The van der Waals surface area contributed by atoms with Gasteiger partial charge in [0.1, 0.15) is 17.7 Å². The minimum absolute atomic E-state index is 0.0218. The molecule has 1 heterocycles. The van der Waals surface area contributed by atoms with Crippen molar-refractivity contribution in [1.29, 1.82) is 0 Å². The molecule has 0 spiro atoms. The monoisotopic (exact) mass is 269 g/mol. The maximum atomic E-state index is 13.7. The van der Waals surface area contributed by atoms with Crippen molar-refractivity contribution in [2.24, 2.45) is 0 Å². The molecule has 0 bridgehead atoms. The van der Waals surface area contributed by atoms with Crippen molar-refractivity contribution >= 4 is 11.9 Å². The lowest BCUT2D eigenvalue weighted by molar-refractivity contribution is -0.146.